The summed E-state index contributed by atoms with van der Waals surface area (Å²) in [6.07, 6.45) is 5.47. The van der Waals surface area contributed by atoms with Gasteiger partial charge in [0.05, 0.1) is 49.6 Å². The Morgan fingerprint density at radius 2 is 1.83 bits per heavy atom. The van der Waals surface area contributed by atoms with E-state index in [1.807, 2.05) is 54.9 Å². The third kappa shape index (κ3) is 4.00. The number of hydrogen-bond donors (Lipinski definition) is 1. The van der Waals surface area contributed by atoms with Gasteiger partial charge in [0, 0.05) is 29.8 Å². The van der Waals surface area contributed by atoms with Gasteiger partial charge in [-0.15, -0.1) is 0 Å². The van der Waals surface area contributed by atoms with Crippen molar-refractivity contribution in [3.05, 3.63) is 95.8 Å². The topological polar surface area (TPSA) is 64.4 Å². The summed E-state index contributed by atoms with van der Waals surface area (Å²) in [5.74, 6) is 1.40. The van der Waals surface area contributed by atoms with E-state index >= 15 is 0 Å². The normalized spacial score (nSPS) is 17.4. The Bertz CT molecular complexity index is 1360. The Hall–Kier alpha value is -3.91. The summed E-state index contributed by atoms with van der Waals surface area (Å²) in [5.41, 5.74) is 6.18. The summed E-state index contributed by atoms with van der Waals surface area (Å²) in [7, 11) is 3.30. The van der Waals surface area contributed by atoms with Gasteiger partial charge in [-0.2, -0.15) is 0 Å². The summed E-state index contributed by atoms with van der Waals surface area (Å²) in [5, 5.41) is 4.14. The predicted molar refractivity (Wildman–Crippen MR) is 141 cm³/mol. The summed E-state index contributed by atoms with van der Waals surface area (Å²) < 4.78 is 13.4. The lowest BCUT2D eigenvalue weighted by atomic mass is 9.96. The summed E-state index contributed by atoms with van der Waals surface area (Å²) >= 11 is 5.91. The van der Waals surface area contributed by atoms with Gasteiger partial charge in [0.1, 0.15) is 11.5 Å². The number of pyridine rings is 2. The number of hydrogen-bond acceptors (Lipinski definition) is 5. The zero-order valence-corrected chi connectivity index (χ0v) is 20.9. The lowest BCUT2D eigenvalue weighted by Gasteiger charge is -2.29. The van der Waals surface area contributed by atoms with Gasteiger partial charge in [0.2, 0.25) is 0 Å². The number of benzene rings is 1. The fourth-order valence-corrected chi connectivity index (χ4v) is 5.22. The maximum absolute atomic E-state index is 5.91. The second-order valence-electron chi connectivity index (χ2n) is 8.41. The third-order valence-corrected chi connectivity index (χ3v) is 6.75. The van der Waals surface area contributed by atoms with E-state index in [0.717, 1.165) is 39.8 Å². The molecule has 0 amide bonds. The minimum Gasteiger partial charge on any atom is -0.497 e. The predicted octanol–water partition coefficient (Wildman–Crippen LogP) is 5.08. The zero-order valence-electron chi connectivity index (χ0n) is 20.1. The van der Waals surface area contributed by atoms with Crippen LogP contribution in [0, 0.1) is 13.8 Å². The summed E-state index contributed by atoms with van der Waals surface area (Å²) in [6.45, 7) is 4.24. The van der Waals surface area contributed by atoms with Crippen molar-refractivity contribution in [2.75, 3.05) is 19.1 Å². The lowest BCUT2D eigenvalue weighted by Crippen LogP contribution is -2.30. The first-order valence-electron chi connectivity index (χ1n) is 11.4. The fraction of sp³-hybridized carbons (Fsp3) is 0.222. The number of rotatable bonds is 6. The Morgan fingerprint density at radius 1 is 0.971 bits per heavy atom. The van der Waals surface area contributed by atoms with Crippen molar-refractivity contribution >= 4 is 23.0 Å². The Balaban J connectivity index is 1.70. The molecule has 0 saturated carbocycles. The molecular weight excluding hydrogens is 458 g/mol. The second-order valence-corrected chi connectivity index (χ2v) is 8.79. The highest BCUT2D eigenvalue weighted by Crippen LogP contribution is 2.46. The first kappa shape index (κ1) is 22.9. The first-order valence-corrected chi connectivity index (χ1v) is 11.8. The number of aryl methyl sites for hydroxylation is 1. The molecule has 3 aromatic heterocycles. The van der Waals surface area contributed by atoms with Gasteiger partial charge in [-0.25, -0.2) is 0 Å². The molecule has 8 heteroatoms. The number of ether oxygens (including phenoxy) is 2. The van der Waals surface area contributed by atoms with E-state index in [0.29, 0.717) is 10.9 Å². The van der Waals surface area contributed by atoms with Crippen molar-refractivity contribution in [2.45, 2.75) is 25.9 Å². The van der Waals surface area contributed by atoms with Gasteiger partial charge < -0.3 is 24.3 Å². The van der Waals surface area contributed by atoms with Crippen LogP contribution in [0.3, 0.4) is 0 Å². The van der Waals surface area contributed by atoms with E-state index in [4.69, 9.17) is 21.7 Å². The maximum atomic E-state index is 5.91. The van der Waals surface area contributed by atoms with Crippen LogP contribution >= 0.6 is 12.2 Å². The van der Waals surface area contributed by atoms with Crippen LogP contribution in [0.25, 0.3) is 5.69 Å². The van der Waals surface area contributed by atoms with Crippen LogP contribution in [0.1, 0.15) is 34.7 Å². The number of anilines is 1. The quantitative estimate of drug-likeness (QED) is 0.382. The average Bonchev–Trinajstić information content (AvgIpc) is 3.39. The van der Waals surface area contributed by atoms with Crippen molar-refractivity contribution in [3.8, 4) is 17.2 Å². The maximum Gasteiger partial charge on any atom is 0.174 e. The van der Waals surface area contributed by atoms with Crippen LogP contribution in [0.4, 0.5) is 5.69 Å². The van der Waals surface area contributed by atoms with E-state index in [-0.39, 0.29) is 12.1 Å². The molecule has 0 spiro atoms. The van der Waals surface area contributed by atoms with Crippen LogP contribution in [0.2, 0.25) is 0 Å². The van der Waals surface area contributed by atoms with E-state index in [9.17, 15) is 0 Å². The van der Waals surface area contributed by atoms with Gasteiger partial charge in [-0.05, 0) is 74.1 Å². The van der Waals surface area contributed by atoms with Crippen molar-refractivity contribution in [2.24, 2.45) is 0 Å². The number of nitrogens with zero attached hydrogens (tertiary/aromatic N) is 4. The van der Waals surface area contributed by atoms with Crippen LogP contribution in [0.5, 0.6) is 11.5 Å². The molecule has 0 unspecified atom stereocenters. The number of thiocarbonyl (C=S) groups is 1. The molecule has 35 heavy (non-hydrogen) atoms. The second kappa shape index (κ2) is 9.38. The lowest BCUT2D eigenvalue weighted by molar-refractivity contribution is 0.394. The van der Waals surface area contributed by atoms with Crippen LogP contribution < -0.4 is 19.7 Å². The molecule has 2 atom stereocenters. The molecule has 1 fully saturated rings. The SMILES string of the molecule is COc1ccc(N2C(=S)N[C@@H](c3ccccn3)[C@H]2c2cc(C)n(-c3cccnc3)c2C)c(OC)c1. The third-order valence-electron chi connectivity index (χ3n) is 6.44. The first-order chi connectivity index (χ1) is 17.0. The van der Waals surface area contributed by atoms with Crippen molar-refractivity contribution in [1.29, 1.82) is 0 Å². The molecule has 1 saturated heterocycles. The molecule has 5 rings (SSSR count). The molecule has 1 aliphatic rings. The summed E-state index contributed by atoms with van der Waals surface area (Å²) in [4.78, 5) is 11.1. The van der Waals surface area contributed by atoms with Crippen molar-refractivity contribution < 1.29 is 9.47 Å². The zero-order chi connectivity index (χ0) is 24.5. The highest BCUT2D eigenvalue weighted by molar-refractivity contribution is 7.80. The number of aromatic nitrogens is 3. The number of methoxy groups -OCH3 is 2. The van der Waals surface area contributed by atoms with Gasteiger partial charge in [0.15, 0.2) is 5.11 Å². The van der Waals surface area contributed by atoms with E-state index in [2.05, 4.69) is 50.7 Å². The van der Waals surface area contributed by atoms with E-state index in [1.165, 1.54) is 0 Å². The molecule has 4 aromatic rings. The Labute approximate surface area is 210 Å². The van der Waals surface area contributed by atoms with Gasteiger partial charge in [-0.3, -0.25) is 9.97 Å². The average molecular weight is 486 g/mol. The highest BCUT2D eigenvalue weighted by Gasteiger charge is 2.43. The van der Waals surface area contributed by atoms with Crippen LogP contribution in [-0.2, 0) is 0 Å². The number of nitrogens with one attached hydrogen (secondary N) is 1. The van der Waals surface area contributed by atoms with Crippen LogP contribution in [-0.4, -0.2) is 33.9 Å². The summed E-state index contributed by atoms with van der Waals surface area (Å²) in [6, 6.07) is 17.7. The molecule has 1 aromatic carbocycles. The van der Waals surface area contributed by atoms with Crippen molar-refractivity contribution in [3.63, 3.8) is 0 Å². The van der Waals surface area contributed by atoms with Gasteiger partial charge in [0.25, 0.3) is 0 Å². The van der Waals surface area contributed by atoms with Gasteiger partial charge in [-0.1, -0.05) is 6.07 Å². The Kier molecular flexibility index (Phi) is 6.13. The molecule has 4 heterocycles. The molecule has 1 N–H and O–H groups in total. The molecule has 7 nitrogen and oxygen atoms in total. The monoisotopic (exact) mass is 485 g/mol. The Morgan fingerprint density at radius 3 is 2.51 bits per heavy atom. The molecular formula is C27H27N5O2S. The van der Waals surface area contributed by atoms with Gasteiger partial charge >= 0.3 is 0 Å². The van der Waals surface area contributed by atoms with Crippen LogP contribution in [0.15, 0.2) is 73.2 Å². The standard InChI is InChI=1S/C27H27N5O2S/c1-17-14-21(18(2)31(17)19-8-7-12-28-16-19)26-25(22-9-5-6-13-29-22)30-27(35)32(26)23-11-10-20(33-3)15-24(23)34-4/h5-16,25-26H,1-4H3,(H,30,35)/t25-,26+/m0/s1. The van der Waals surface area contributed by atoms with E-state index in [1.54, 1.807) is 20.4 Å². The molecule has 0 bridgehead atoms. The van der Waals surface area contributed by atoms with E-state index < -0.39 is 0 Å². The molecule has 0 aliphatic carbocycles. The van der Waals surface area contributed by atoms with Crippen molar-refractivity contribution in [1.82, 2.24) is 19.9 Å². The fourth-order valence-electron chi connectivity index (χ4n) is 4.88. The minimum absolute atomic E-state index is 0.154. The smallest absolute Gasteiger partial charge is 0.174 e. The molecule has 1 aliphatic heterocycles. The highest BCUT2D eigenvalue weighted by atomic mass is 32.1. The minimum atomic E-state index is -0.156. The molecule has 0 radical (unpaired) electrons. The largest absolute Gasteiger partial charge is 0.497 e. The molecule has 178 valence electrons.